The highest BCUT2D eigenvalue weighted by Crippen LogP contribution is 2.19. The first-order valence-electron chi connectivity index (χ1n) is 6.08. The minimum atomic E-state index is 0.322. The van der Waals surface area contributed by atoms with E-state index in [4.69, 9.17) is 4.74 Å². The summed E-state index contributed by atoms with van der Waals surface area (Å²) in [5.41, 5.74) is 0. The molecule has 0 saturated carbocycles. The fraction of sp³-hybridized carbons (Fsp3) is 0.917. The minimum Gasteiger partial charge on any atom is -0.383 e. The molecule has 1 unspecified atom stereocenters. The van der Waals surface area contributed by atoms with Crippen molar-refractivity contribution in [3.05, 3.63) is 0 Å². The highest BCUT2D eigenvalue weighted by Gasteiger charge is 2.27. The third-order valence-corrected chi connectivity index (χ3v) is 3.05. The van der Waals surface area contributed by atoms with Crippen LogP contribution < -0.4 is 0 Å². The molecule has 0 N–H and O–H groups in total. The minimum absolute atomic E-state index is 0.322. The number of methoxy groups -OCH3 is 1. The Morgan fingerprint density at radius 1 is 1.47 bits per heavy atom. The average Bonchev–Trinajstić information content (AvgIpc) is 2.67. The fourth-order valence-corrected chi connectivity index (χ4v) is 2.20. The maximum absolute atomic E-state index is 11.9. The lowest BCUT2D eigenvalue weighted by Crippen LogP contribution is -2.37. The Morgan fingerprint density at radius 3 is 2.93 bits per heavy atom. The Balaban J connectivity index is 2.30. The Labute approximate surface area is 92.8 Å². The van der Waals surface area contributed by atoms with Gasteiger partial charge in [-0.25, -0.2) is 0 Å². The number of hydrogen-bond acceptors (Lipinski definition) is 2. The molecule has 1 rings (SSSR count). The molecule has 0 aromatic heterocycles. The molecule has 3 nitrogen and oxygen atoms in total. The molecule has 0 aliphatic carbocycles. The van der Waals surface area contributed by atoms with Crippen molar-refractivity contribution in [1.82, 2.24) is 4.90 Å². The molecule has 0 aromatic carbocycles. The van der Waals surface area contributed by atoms with Gasteiger partial charge in [0, 0.05) is 20.1 Å². The highest BCUT2D eigenvalue weighted by atomic mass is 16.5. The van der Waals surface area contributed by atoms with Crippen LogP contribution in [0.2, 0.25) is 0 Å². The molecular formula is C12H23NO2. The summed E-state index contributed by atoms with van der Waals surface area (Å²) in [4.78, 5) is 13.9. The summed E-state index contributed by atoms with van der Waals surface area (Å²) in [6.07, 6.45) is 6.32. The lowest BCUT2D eigenvalue weighted by atomic mass is 10.2. The summed E-state index contributed by atoms with van der Waals surface area (Å²) < 4.78 is 5.14. The monoisotopic (exact) mass is 213 g/mol. The smallest absolute Gasteiger partial charge is 0.222 e. The van der Waals surface area contributed by atoms with Crippen molar-refractivity contribution in [3.63, 3.8) is 0 Å². The first-order chi connectivity index (χ1) is 7.29. The molecule has 1 saturated heterocycles. The van der Waals surface area contributed by atoms with E-state index in [0.717, 1.165) is 32.2 Å². The van der Waals surface area contributed by atoms with Gasteiger partial charge in [-0.1, -0.05) is 19.8 Å². The fourth-order valence-electron chi connectivity index (χ4n) is 2.20. The number of ether oxygens (including phenoxy) is 1. The predicted molar refractivity (Wildman–Crippen MR) is 60.8 cm³/mol. The van der Waals surface area contributed by atoms with Gasteiger partial charge in [0.2, 0.25) is 5.91 Å². The molecule has 1 heterocycles. The molecule has 1 fully saturated rings. The normalized spacial score (nSPS) is 20.9. The molecule has 1 atom stereocenters. The number of likely N-dealkylation sites (tertiary alicyclic amines) is 1. The van der Waals surface area contributed by atoms with Crippen LogP contribution in [0.25, 0.3) is 0 Å². The molecule has 0 bridgehead atoms. The van der Waals surface area contributed by atoms with Crippen molar-refractivity contribution >= 4 is 5.91 Å². The van der Waals surface area contributed by atoms with Crippen LogP contribution in [0, 0.1) is 0 Å². The zero-order valence-electron chi connectivity index (χ0n) is 10.00. The van der Waals surface area contributed by atoms with Crippen LogP contribution >= 0.6 is 0 Å². The number of rotatable bonds is 6. The summed E-state index contributed by atoms with van der Waals surface area (Å²) in [7, 11) is 1.71. The SMILES string of the molecule is CCCCCC(=O)N1CCCC1COC. The lowest BCUT2D eigenvalue weighted by Gasteiger charge is -2.24. The van der Waals surface area contributed by atoms with E-state index in [2.05, 4.69) is 6.92 Å². The van der Waals surface area contributed by atoms with Crippen molar-refractivity contribution in [3.8, 4) is 0 Å². The van der Waals surface area contributed by atoms with E-state index in [0.29, 0.717) is 25.0 Å². The van der Waals surface area contributed by atoms with E-state index in [1.54, 1.807) is 7.11 Å². The summed E-state index contributed by atoms with van der Waals surface area (Å²) in [5.74, 6) is 0.322. The number of carbonyl (C=O) groups excluding carboxylic acids is 1. The standard InChI is InChI=1S/C12H23NO2/c1-3-4-5-8-12(14)13-9-6-7-11(13)10-15-2/h11H,3-10H2,1-2H3. The van der Waals surface area contributed by atoms with Gasteiger partial charge in [-0.3, -0.25) is 4.79 Å². The molecule has 1 aliphatic rings. The third-order valence-electron chi connectivity index (χ3n) is 3.05. The van der Waals surface area contributed by atoms with Gasteiger partial charge in [-0.05, 0) is 19.3 Å². The van der Waals surface area contributed by atoms with Crippen LogP contribution in [0.3, 0.4) is 0 Å². The molecule has 0 spiro atoms. The molecule has 1 amide bonds. The zero-order chi connectivity index (χ0) is 11.1. The van der Waals surface area contributed by atoms with E-state index in [9.17, 15) is 4.79 Å². The van der Waals surface area contributed by atoms with E-state index >= 15 is 0 Å². The number of unbranched alkanes of at least 4 members (excludes halogenated alkanes) is 2. The Bertz CT molecular complexity index is 194. The van der Waals surface area contributed by atoms with Crippen LogP contribution in [-0.4, -0.2) is 37.1 Å². The molecule has 0 radical (unpaired) electrons. The van der Waals surface area contributed by atoms with E-state index < -0.39 is 0 Å². The van der Waals surface area contributed by atoms with E-state index in [1.807, 2.05) is 4.90 Å². The van der Waals surface area contributed by atoms with E-state index in [1.165, 1.54) is 6.42 Å². The van der Waals surface area contributed by atoms with Gasteiger partial charge in [-0.2, -0.15) is 0 Å². The Kier molecular flexibility index (Phi) is 5.69. The van der Waals surface area contributed by atoms with Crippen molar-refractivity contribution in [2.75, 3.05) is 20.3 Å². The summed E-state index contributed by atoms with van der Waals surface area (Å²) in [5, 5.41) is 0. The van der Waals surface area contributed by atoms with E-state index in [-0.39, 0.29) is 0 Å². The van der Waals surface area contributed by atoms with Crippen LogP contribution in [0.4, 0.5) is 0 Å². The number of amides is 1. The molecule has 88 valence electrons. The summed E-state index contributed by atoms with van der Waals surface area (Å²) in [6, 6.07) is 0.337. The van der Waals surface area contributed by atoms with Crippen LogP contribution in [-0.2, 0) is 9.53 Å². The predicted octanol–water partition coefficient (Wildman–Crippen LogP) is 2.20. The molecule has 3 heteroatoms. The molecule has 15 heavy (non-hydrogen) atoms. The van der Waals surface area contributed by atoms with Crippen LogP contribution in [0.1, 0.15) is 45.4 Å². The zero-order valence-corrected chi connectivity index (χ0v) is 10.00. The first kappa shape index (κ1) is 12.5. The number of hydrogen-bond donors (Lipinski definition) is 0. The average molecular weight is 213 g/mol. The number of carbonyl (C=O) groups is 1. The second-order valence-electron chi connectivity index (χ2n) is 4.30. The summed E-state index contributed by atoms with van der Waals surface area (Å²) in [6.45, 7) is 3.78. The summed E-state index contributed by atoms with van der Waals surface area (Å²) >= 11 is 0. The Morgan fingerprint density at radius 2 is 2.27 bits per heavy atom. The van der Waals surface area contributed by atoms with Gasteiger partial charge in [0.1, 0.15) is 0 Å². The first-order valence-corrected chi connectivity index (χ1v) is 6.08. The van der Waals surface area contributed by atoms with Gasteiger partial charge in [0.05, 0.1) is 12.6 Å². The number of nitrogens with zero attached hydrogens (tertiary/aromatic N) is 1. The quantitative estimate of drug-likeness (QED) is 0.633. The largest absolute Gasteiger partial charge is 0.383 e. The van der Waals surface area contributed by atoms with Crippen LogP contribution in [0.5, 0.6) is 0 Å². The van der Waals surface area contributed by atoms with Crippen molar-refractivity contribution in [2.45, 2.75) is 51.5 Å². The van der Waals surface area contributed by atoms with Crippen molar-refractivity contribution in [1.29, 1.82) is 0 Å². The second-order valence-corrected chi connectivity index (χ2v) is 4.30. The lowest BCUT2D eigenvalue weighted by molar-refractivity contribution is -0.133. The van der Waals surface area contributed by atoms with Gasteiger partial charge >= 0.3 is 0 Å². The van der Waals surface area contributed by atoms with Gasteiger partial charge in [0.25, 0.3) is 0 Å². The maximum atomic E-state index is 11.9. The molecule has 1 aliphatic heterocycles. The van der Waals surface area contributed by atoms with Gasteiger partial charge in [-0.15, -0.1) is 0 Å². The Hall–Kier alpha value is -0.570. The second kappa shape index (κ2) is 6.83. The highest BCUT2D eigenvalue weighted by molar-refractivity contribution is 5.76. The van der Waals surface area contributed by atoms with Gasteiger partial charge in [0.15, 0.2) is 0 Å². The molecular weight excluding hydrogens is 190 g/mol. The van der Waals surface area contributed by atoms with Gasteiger partial charge < -0.3 is 9.64 Å². The topological polar surface area (TPSA) is 29.5 Å². The third kappa shape index (κ3) is 3.82. The van der Waals surface area contributed by atoms with Crippen LogP contribution in [0.15, 0.2) is 0 Å². The maximum Gasteiger partial charge on any atom is 0.222 e. The molecule has 0 aromatic rings. The van der Waals surface area contributed by atoms with Crippen molar-refractivity contribution < 1.29 is 9.53 Å². The van der Waals surface area contributed by atoms with Crippen molar-refractivity contribution in [2.24, 2.45) is 0 Å².